The number of hydrogen-bond donors (Lipinski definition) is 0. The monoisotopic (exact) mass is 346 g/mol. The summed E-state index contributed by atoms with van der Waals surface area (Å²) in [6.45, 7) is 4.16. The second kappa shape index (κ2) is 5.68. The average Bonchev–Trinajstić information content (AvgIpc) is 3.22. The number of rotatable bonds is 1. The van der Waals surface area contributed by atoms with E-state index in [0.29, 0.717) is 11.5 Å². The van der Waals surface area contributed by atoms with Crippen LogP contribution < -0.4 is 4.90 Å². The standard InChI is InChI=1S/C21H22N4O/c1-14-3-5-18-16(11-14)17-13-23(2)9-7-19(17)25(18)21(26)15-4-6-20-22-8-10-24(20)12-15/h3-6,8,10-12,17,19H,7,9,13H2,1-2H3/t17-,19-/m1/s1. The molecule has 1 amide bonds. The molecule has 0 radical (unpaired) electrons. The Labute approximate surface area is 152 Å². The van der Waals surface area contributed by atoms with Crippen LogP contribution in [0.15, 0.2) is 48.9 Å². The summed E-state index contributed by atoms with van der Waals surface area (Å²) in [5, 5.41) is 0. The van der Waals surface area contributed by atoms with Gasteiger partial charge in [0.05, 0.1) is 5.56 Å². The summed E-state index contributed by atoms with van der Waals surface area (Å²) >= 11 is 0. The summed E-state index contributed by atoms with van der Waals surface area (Å²) < 4.78 is 1.91. The van der Waals surface area contributed by atoms with Crippen LogP contribution in [0.25, 0.3) is 5.65 Å². The van der Waals surface area contributed by atoms with Crippen LogP contribution in [0.2, 0.25) is 0 Å². The third kappa shape index (κ3) is 2.27. The van der Waals surface area contributed by atoms with Crippen LogP contribution in [0.1, 0.15) is 33.8 Å². The zero-order valence-corrected chi connectivity index (χ0v) is 15.1. The molecular weight excluding hydrogens is 324 g/mol. The summed E-state index contributed by atoms with van der Waals surface area (Å²) in [4.78, 5) is 22.2. The Morgan fingerprint density at radius 1 is 1.23 bits per heavy atom. The largest absolute Gasteiger partial charge is 0.306 e. The molecule has 1 aromatic carbocycles. The second-order valence-corrected chi connectivity index (χ2v) is 7.57. The quantitative estimate of drug-likeness (QED) is 0.680. The van der Waals surface area contributed by atoms with Crippen molar-refractivity contribution < 1.29 is 4.79 Å². The smallest absolute Gasteiger partial charge is 0.260 e. The number of likely N-dealkylation sites (tertiary alicyclic amines) is 1. The first-order valence-electron chi connectivity index (χ1n) is 9.17. The Balaban J connectivity index is 1.59. The predicted molar refractivity (Wildman–Crippen MR) is 102 cm³/mol. The minimum absolute atomic E-state index is 0.0859. The lowest BCUT2D eigenvalue weighted by Crippen LogP contribution is -2.47. The number of carbonyl (C=O) groups is 1. The molecule has 5 heteroatoms. The van der Waals surface area contributed by atoms with Crippen molar-refractivity contribution in [1.82, 2.24) is 14.3 Å². The molecule has 0 N–H and O–H groups in total. The van der Waals surface area contributed by atoms with Crippen molar-refractivity contribution in [2.75, 3.05) is 25.0 Å². The molecule has 5 rings (SSSR count). The van der Waals surface area contributed by atoms with Crippen molar-refractivity contribution in [3.8, 4) is 0 Å². The van der Waals surface area contributed by atoms with Crippen molar-refractivity contribution >= 4 is 17.2 Å². The third-order valence-electron chi connectivity index (χ3n) is 5.81. The second-order valence-electron chi connectivity index (χ2n) is 7.57. The van der Waals surface area contributed by atoms with Gasteiger partial charge in [-0.15, -0.1) is 0 Å². The van der Waals surface area contributed by atoms with Crippen molar-refractivity contribution in [3.63, 3.8) is 0 Å². The van der Waals surface area contributed by atoms with Crippen molar-refractivity contribution in [2.45, 2.75) is 25.3 Å². The van der Waals surface area contributed by atoms with Gasteiger partial charge in [0.1, 0.15) is 5.65 Å². The van der Waals surface area contributed by atoms with E-state index < -0.39 is 0 Å². The zero-order chi connectivity index (χ0) is 17.8. The molecular formula is C21H22N4O. The molecule has 1 fully saturated rings. The van der Waals surface area contributed by atoms with E-state index >= 15 is 0 Å². The number of anilines is 1. The predicted octanol–water partition coefficient (Wildman–Crippen LogP) is 3.09. The number of nitrogens with zero attached hydrogens (tertiary/aromatic N) is 4. The van der Waals surface area contributed by atoms with Crippen LogP contribution in [-0.2, 0) is 0 Å². The summed E-state index contributed by atoms with van der Waals surface area (Å²) in [7, 11) is 2.17. The Morgan fingerprint density at radius 2 is 2.12 bits per heavy atom. The number of piperidine rings is 1. The molecule has 1 saturated heterocycles. The molecule has 2 aliphatic heterocycles. The fourth-order valence-electron chi connectivity index (χ4n) is 4.53. The first-order chi connectivity index (χ1) is 12.6. The highest BCUT2D eigenvalue weighted by Gasteiger charge is 2.44. The molecule has 0 unspecified atom stereocenters. The Morgan fingerprint density at radius 3 is 3.00 bits per heavy atom. The lowest BCUT2D eigenvalue weighted by molar-refractivity contribution is 0.0964. The molecule has 132 valence electrons. The summed E-state index contributed by atoms with van der Waals surface area (Å²) in [6.07, 6.45) is 6.53. The number of fused-ring (bicyclic) bond motifs is 4. The van der Waals surface area contributed by atoms with E-state index in [4.69, 9.17) is 0 Å². The number of aryl methyl sites for hydroxylation is 1. The molecule has 2 atom stereocenters. The Kier molecular flexibility index (Phi) is 3.40. The Bertz CT molecular complexity index is 1010. The first kappa shape index (κ1) is 15.6. The highest BCUT2D eigenvalue weighted by molar-refractivity contribution is 6.08. The van der Waals surface area contributed by atoms with Gasteiger partial charge in [0.15, 0.2) is 0 Å². The van der Waals surface area contributed by atoms with Gasteiger partial charge in [-0.2, -0.15) is 0 Å². The summed E-state index contributed by atoms with van der Waals surface area (Å²) in [5.74, 6) is 0.479. The van der Waals surface area contributed by atoms with Gasteiger partial charge in [0.2, 0.25) is 0 Å². The molecule has 0 bridgehead atoms. The number of hydrogen-bond acceptors (Lipinski definition) is 3. The SMILES string of the molecule is Cc1ccc2c(c1)[C@H]1CN(C)CC[C@H]1N2C(=O)c1ccc2nccn2c1. The molecule has 0 spiro atoms. The maximum Gasteiger partial charge on any atom is 0.260 e. The number of imidazole rings is 1. The number of pyridine rings is 1. The molecule has 3 aromatic rings. The molecule has 5 nitrogen and oxygen atoms in total. The number of likely N-dealkylation sites (N-methyl/N-ethyl adjacent to an activating group) is 1. The van der Waals surface area contributed by atoms with Crippen LogP contribution in [0.3, 0.4) is 0 Å². The van der Waals surface area contributed by atoms with E-state index in [1.54, 1.807) is 6.20 Å². The van der Waals surface area contributed by atoms with Crippen LogP contribution in [0.4, 0.5) is 5.69 Å². The lowest BCUT2D eigenvalue weighted by Gasteiger charge is -2.36. The van der Waals surface area contributed by atoms with Gasteiger partial charge in [-0.3, -0.25) is 4.79 Å². The van der Waals surface area contributed by atoms with E-state index in [0.717, 1.165) is 30.8 Å². The van der Waals surface area contributed by atoms with Gasteiger partial charge in [-0.05, 0) is 50.7 Å². The fourth-order valence-corrected chi connectivity index (χ4v) is 4.53. The minimum atomic E-state index is 0.0859. The zero-order valence-electron chi connectivity index (χ0n) is 15.1. The van der Waals surface area contributed by atoms with Crippen molar-refractivity contribution in [3.05, 3.63) is 65.6 Å². The normalized spacial score (nSPS) is 22.5. The molecule has 2 aromatic heterocycles. The molecule has 0 saturated carbocycles. The molecule has 2 aliphatic rings. The van der Waals surface area contributed by atoms with Gasteiger partial charge in [-0.1, -0.05) is 17.7 Å². The van der Waals surface area contributed by atoms with Crippen molar-refractivity contribution in [1.29, 1.82) is 0 Å². The number of carbonyl (C=O) groups excluding carboxylic acids is 1. The lowest BCUT2D eigenvalue weighted by atomic mass is 9.89. The Hall–Kier alpha value is -2.66. The van der Waals surface area contributed by atoms with Gasteiger partial charge < -0.3 is 14.2 Å². The van der Waals surface area contributed by atoms with E-state index in [1.807, 2.05) is 33.8 Å². The van der Waals surface area contributed by atoms with Crippen molar-refractivity contribution in [2.24, 2.45) is 0 Å². The maximum absolute atomic E-state index is 13.5. The third-order valence-corrected chi connectivity index (χ3v) is 5.81. The molecule has 26 heavy (non-hydrogen) atoms. The van der Waals surface area contributed by atoms with Gasteiger partial charge >= 0.3 is 0 Å². The number of amides is 1. The van der Waals surface area contributed by atoms with Crippen LogP contribution in [0, 0.1) is 6.92 Å². The van der Waals surface area contributed by atoms with Crippen LogP contribution in [0.5, 0.6) is 0 Å². The number of aromatic nitrogens is 2. The highest BCUT2D eigenvalue weighted by atomic mass is 16.2. The first-order valence-corrected chi connectivity index (χ1v) is 9.17. The van der Waals surface area contributed by atoms with Gasteiger partial charge in [-0.25, -0.2) is 4.98 Å². The topological polar surface area (TPSA) is 40.8 Å². The van der Waals surface area contributed by atoms with Crippen LogP contribution in [-0.4, -0.2) is 46.4 Å². The highest BCUT2D eigenvalue weighted by Crippen LogP contribution is 2.45. The fraction of sp³-hybridized carbons (Fsp3) is 0.333. The average molecular weight is 346 g/mol. The van der Waals surface area contributed by atoms with E-state index in [2.05, 4.69) is 42.1 Å². The minimum Gasteiger partial charge on any atom is -0.306 e. The van der Waals surface area contributed by atoms with Gasteiger partial charge in [0.25, 0.3) is 5.91 Å². The van der Waals surface area contributed by atoms with E-state index in [9.17, 15) is 4.79 Å². The molecule has 4 heterocycles. The summed E-state index contributed by atoms with van der Waals surface area (Å²) in [6, 6.07) is 10.5. The maximum atomic E-state index is 13.5. The van der Waals surface area contributed by atoms with Crippen LogP contribution >= 0.6 is 0 Å². The van der Waals surface area contributed by atoms with E-state index in [1.165, 1.54) is 11.1 Å². The molecule has 0 aliphatic carbocycles. The van der Waals surface area contributed by atoms with E-state index in [-0.39, 0.29) is 11.9 Å². The number of benzene rings is 1. The van der Waals surface area contributed by atoms with Gasteiger partial charge in [0, 0.05) is 42.8 Å². The summed E-state index contributed by atoms with van der Waals surface area (Å²) in [5.41, 5.74) is 5.22.